The summed E-state index contributed by atoms with van der Waals surface area (Å²) in [6.45, 7) is 5.81. The van der Waals surface area contributed by atoms with Crippen LogP contribution in [0, 0.1) is 0 Å². The molecular formula is C17H17ClF3N3O. The summed E-state index contributed by atoms with van der Waals surface area (Å²) >= 11 is 5.57. The van der Waals surface area contributed by atoms with Crippen LogP contribution in [-0.2, 0) is 6.18 Å². The van der Waals surface area contributed by atoms with Gasteiger partial charge in [0.1, 0.15) is 5.82 Å². The summed E-state index contributed by atoms with van der Waals surface area (Å²) in [6, 6.07) is 6.21. The molecule has 2 N–H and O–H groups in total. The Morgan fingerprint density at radius 3 is 2.40 bits per heavy atom. The Balaban J connectivity index is 2.22. The van der Waals surface area contributed by atoms with Crippen LogP contribution >= 0.6 is 11.6 Å². The Morgan fingerprint density at radius 1 is 1.12 bits per heavy atom. The van der Waals surface area contributed by atoms with Crippen molar-refractivity contribution in [2.24, 2.45) is 0 Å². The first kappa shape index (κ1) is 19.1. The predicted molar refractivity (Wildman–Crippen MR) is 92.0 cm³/mol. The maximum atomic E-state index is 12.9. The third-order valence-corrected chi connectivity index (χ3v) is 3.38. The van der Waals surface area contributed by atoms with Crippen LogP contribution in [0.3, 0.4) is 0 Å². The third-order valence-electron chi connectivity index (χ3n) is 3.05. The molecule has 2 aromatic rings. The highest BCUT2D eigenvalue weighted by Gasteiger charge is 2.33. The first-order valence-corrected chi connectivity index (χ1v) is 7.76. The van der Waals surface area contributed by atoms with Crippen LogP contribution in [0.15, 0.2) is 36.5 Å². The smallest absolute Gasteiger partial charge is 0.365 e. The maximum absolute atomic E-state index is 12.9. The zero-order valence-corrected chi connectivity index (χ0v) is 14.6. The molecule has 25 heavy (non-hydrogen) atoms. The summed E-state index contributed by atoms with van der Waals surface area (Å²) in [5.41, 5.74) is -0.981. The molecule has 0 bridgehead atoms. The summed E-state index contributed by atoms with van der Waals surface area (Å²) in [5.74, 6) is -0.0537. The van der Waals surface area contributed by atoms with Gasteiger partial charge in [0.25, 0.3) is 5.91 Å². The van der Waals surface area contributed by atoms with E-state index in [1.807, 2.05) is 20.8 Å². The summed E-state index contributed by atoms with van der Waals surface area (Å²) < 4.78 is 38.7. The van der Waals surface area contributed by atoms with E-state index in [4.69, 9.17) is 11.6 Å². The molecule has 0 spiro atoms. The van der Waals surface area contributed by atoms with E-state index in [1.165, 1.54) is 24.4 Å². The monoisotopic (exact) mass is 371 g/mol. The van der Waals surface area contributed by atoms with Gasteiger partial charge in [-0.15, -0.1) is 0 Å². The number of anilines is 2. The van der Waals surface area contributed by atoms with Crippen molar-refractivity contribution in [3.63, 3.8) is 0 Å². The zero-order valence-electron chi connectivity index (χ0n) is 13.8. The van der Waals surface area contributed by atoms with E-state index in [0.717, 1.165) is 12.1 Å². The molecule has 0 aliphatic rings. The molecule has 1 aromatic carbocycles. The molecule has 0 radical (unpaired) electrons. The second kappa shape index (κ2) is 6.92. The molecule has 0 saturated carbocycles. The zero-order chi connectivity index (χ0) is 18.8. The summed E-state index contributed by atoms with van der Waals surface area (Å²) in [5, 5.41) is 5.13. The lowest BCUT2D eigenvalue weighted by Crippen LogP contribution is -2.27. The van der Waals surface area contributed by atoms with Crippen LogP contribution in [0.1, 0.15) is 36.7 Å². The van der Waals surface area contributed by atoms with Crippen molar-refractivity contribution in [1.82, 2.24) is 4.98 Å². The minimum absolute atomic E-state index is 0.00358. The van der Waals surface area contributed by atoms with E-state index in [-0.39, 0.29) is 16.8 Å². The van der Waals surface area contributed by atoms with E-state index < -0.39 is 22.7 Å². The van der Waals surface area contributed by atoms with Crippen molar-refractivity contribution in [1.29, 1.82) is 0 Å². The minimum atomic E-state index is -4.60. The van der Waals surface area contributed by atoms with Crippen LogP contribution in [-0.4, -0.2) is 16.4 Å². The number of amides is 1. The highest BCUT2D eigenvalue weighted by atomic mass is 35.5. The van der Waals surface area contributed by atoms with Crippen LogP contribution in [0.25, 0.3) is 0 Å². The van der Waals surface area contributed by atoms with Gasteiger partial charge < -0.3 is 10.6 Å². The van der Waals surface area contributed by atoms with E-state index in [1.54, 1.807) is 0 Å². The number of carbonyl (C=O) groups is 1. The standard InChI is InChI=1S/C17H17ClF3N3O/c1-16(2,3)24-14-8-10(6-7-22-14)15(25)23-11-4-5-13(18)12(9-11)17(19,20)21/h4-9H,1-3H3,(H,22,24)(H,23,25). The van der Waals surface area contributed by atoms with Gasteiger partial charge in [-0.1, -0.05) is 11.6 Å². The highest BCUT2D eigenvalue weighted by molar-refractivity contribution is 6.31. The van der Waals surface area contributed by atoms with Gasteiger partial charge in [0.2, 0.25) is 0 Å². The first-order valence-electron chi connectivity index (χ1n) is 7.38. The van der Waals surface area contributed by atoms with Gasteiger partial charge in [0.05, 0.1) is 10.6 Å². The molecule has 0 unspecified atom stereocenters. The van der Waals surface area contributed by atoms with Gasteiger partial charge in [0, 0.05) is 23.0 Å². The Labute approximate surface area is 148 Å². The molecule has 8 heteroatoms. The fourth-order valence-electron chi connectivity index (χ4n) is 2.05. The number of hydrogen-bond acceptors (Lipinski definition) is 3. The van der Waals surface area contributed by atoms with Crippen LogP contribution in [0.4, 0.5) is 24.7 Å². The number of rotatable bonds is 3. The van der Waals surface area contributed by atoms with Gasteiger partial charge in [-0.2, -0.15) is 13.2 Å². The molecule has 0 fully saturated rings. The summed E-state index contributed by atoms with van der Waals surface area (Å²) in [6.07, 6.45) is -3.15. The molecule has 2 rings (SSSR count). The fourth-order valence-corrected chi connectivity index (χ4v) is 2.27. The lowest BCUT2D eigenvalue weighted by atomic mass is 10.1. The normalized spacial score (nSPS) is 12.0. The van der Waals surface area contributed by atoms with E-state index in [0.29, 0.717) is 5.82 Å². The van der Waals surface area contributed by atoms with Crippen molar-refractivity contribution in [2.45, 2.75) is 32.5 Å². The Hall–Kier alpha value is -2.28. The molecule has 0 aliphatic carbocycles. The number of alkyl halides is 3. The lowest BCUT2D eigenvalue weighted by molar-refractivity contribution is -0.137. The molecule has 0 atom stereocenters. The van der Waals surface area contributed by atoms with Crippen molar-refractivity contribution in [3.8, 4) is 0 Å². The van der Waals surface area contributed by atoms with Crippen molar-refractivity contribution in [3.05, 3.63) is 52.7 Å². The topological polar surface area (TPSA) is 54.0 Å². The van der Waals surface area contributed by atoms with Crippen LogP contribution in [0.5, 0.6) is 0 Å². The maximum Gasteiger partial charge on any atom is 0.417 e. The van der Waals surface area contributed by atoms with Gasteiger partial charge in [-0.3, -0.25) is 4.79 Å². The van der Waals surface area contributed by atoms with Gasteiger partial charge in [0.15, 0.2) is 0 Å². The van der Waals surface area contributed by atoms with E-state index >= 15 is 0 Å². The van der Waals surface area contributed by atoms with Crippen LogP contribution < -0.4 is 10.6 Å². The number of hydrogen-bond donors (Lipinski definition) is 2. The highest BCUT2D eigenvalue weighted by Crippen LogP contribution is 2.36. The van der Waals surface area contributed by atoms with Crippen molar-refractivity contribution >= 4 is 29.0 Å². The van der Waals surface area contributed by atoms with Gasteiger partial charge in [-0.05, 0) is 51.1 Å². The molecule has 1 amide bonds. The molecule has 1 heterocycles. The number of pyridine rings is 1. The van der Waals surface area contributed by atoms with Crippen molar-refractivity contribution in [2.75, 3.05) is 10.6 Å². The average Bonchev–Trinajstić information content (AvgIpc) is 2.46. The number of carbonyl (C=O) groups excluding carboxylic acids is 1. The van der Waals surface area contributed by atoms with Gasteiger partial charge >= 0.3 is 6.18 Å². The largest absolute Gasteiger partial charge is 0.417 e. The first-order chi connectivity index (χ1) is 11.5. The van der Waals surface area contributed by atoms with E-state index in [2.05, 4.69) is 15.6 Å². The Bertz CT molecular complexity index is 785. The van der Waals surface area contributed by atoms with E-state index in [9.17, 15) is 18.0 Å². The lowest BCUT2D eigenvalue weighted by Gasteiger charge is -2.21. The van der Waals surface area contributed by atoms with Gasteiger partial charge in [-0.25, -0.2) is 4.98 Å². The molecule has 0 saturated heterocycles. The van der Waals surface area contributed by atoms with Crippen LogP contribution in [0.2, 0.25) is 5.02 Å². The summed E-state index contributed by atoms with van der Waals surface area (Å²) in [7, 11) is 0. The number of nitrogens with one attached hydrogen (secondary N) is 2. The predicted octanol–water partition coefficient (Wildman–Crippen LogP) is 5.22. The number of benzene rings is 1. The molecular weight excluding hydrogens is 355 g/mol. The molecule has 134 valence electrons. The Morgan fingerprint density at radius 2 is 1.80 bits per heavy atom. The average molecular weight is 372 g/mol. The SMILES string of the molecule is CC(C)(C)Nc1cc(C(=O)Nc2ccc(Cl)c(C(F)(F)F)c2)ccn1. The number of nitrogens with zero attached hydrogens (tertiary/aromatic N) is 1. The molecule has 1 aromatic heterocycles. The second-order valence-electron chi connectivity index (χ2n) is 6.45. The summed E-state index contributed by atoms with van der Waals surface area (Å²) in [4.78, 5) is 16.4. The van der Waals surface area contributed by atoms with Crippen molar-refractivity contribution < 1.29 is 18.0 Å². The molecule has 0 aliphatic heterocycles. The second-order valence-corrected chi connectivity index (χ2v) is 6.86. The minimum Gasteiger partial charge on any atom is -0.365 e. The molecule has 4 nitrogen and oxygen atoms in total. The number of halogens is 4. The fraction of sp³-hybridized carbons (Fsp3) is 0.294. The number of aromatic nitrogens is 1. The third kappa shape index (κ3) is 5.35. The quantitative estimate of drug-likeness (QED) is 0.778. The Kier molecular flexibility index (Phi) is 5.27.